The van der Waals surface area contributed by atoms with Gasteiger partial charge >= 0.3 is 29.8 Å². The van der Waals surface area contributed by atoms with E-state index < -0.39 is 5.97 Å². The summed E-state index contributed by atoms with van der Waals surface area (Å²) in [4.78, 5) is 62.2. The number of ether oxygens (including phenoxy) is 2. The number of cyclic esters (lactones) is 4. The van der Waals surface area contributed by atoms with Gasteiger partial charge in [0.15, 0.2) is 0 Å². The van der Waals surface area contributed by atoms with Crippen molar-refractivity contribution in [2.24, 2.45) is 23.7 Å². The number of Topliss-reactive ketones (excluding diaryl/α,β-unsaturated/α-hetero) is 1. The van der Waals surface area contributed by atoms with E-state index in [1.807, 2.05) is 48.5 Å². The van der Waals surface area contributed by atoms with Gasteiger partial charge in [0, 0.05) is 5.92 Å². The number of carboxylic acid groups (broad SMARTS) is 1. The van der Waals surface area contributed by atoms with Gasteiger partial charge < -0.3 is 14.6 Å². The smallest absolute Gasteiger partial charge is 0.317 e. The van der Waals surface area contributed by atoms with E-state index in [4.69, 9.17) is 5.11 Å². The Morgan fingerprint density at radius 3 is 1.18 bits per heavy atom. The van der Waals surface area contributed by atoms with Crippen LogP contribution in [0.4, 0.5) is 0 Å². The highest BCUT2D eigenvalue weighted by Crippen LogP contribution is 2.18. The lowest BCUT2D eigenvalue weighted by molar-refractivity contribution is -0.154. The quantitative estimate of drug-likeness (QED) is 0.414. The van der Waals surface area contributed by atoms with E-state index in [1.54, 1.807) is 13.8 Å². The SMILES string of the molecule is CC.CCC1CC(=O)OC1=O.CC[C@@H](C)C(C)=O.CC[C@@H]1CC(=O)OC1=O.CC[C@H](C)C(=O)O. The minimum atomic E-state index is -0.706. The molecule has 1 unspecified atom stereocenters. The Balaban J connectivity index is -0.000000371. The maximum Gasteiger partial charge on any atom is 0.317 e. The van der Waals surface area contributed by atoms with Crippen LogP contribution in [0.15, 0.2) is 0 Å². The first-order valence-electron chi connectivity index (χ1n) is 12.1. The van der Waals surface area contributed by atoms with Crippen LogP contribution in [0.3, 0.4) is 0 Å². The zero-order chi connectivity index (χ0) is 27.4. The minimum Gasteiger partial charge on any atom is -0.481 e. The van der Waals surface area contributed by atoms with Crippen molar-refractivity contribution in [1.82, 2.24) is 0 Å². The predicted molar refractivity (Wildman–Crippen MR) is 128 cm³/mol. The molecule has 4 atom stereocenters. The first-order chi connectivity index (χ1) is 15.8. The Bertz CT molecular complexity index is 599. The topological polar surface area (TPSA) is 141 Å². The van der Waals surface area contributed by atoms with E-state index in [2.05, 4.69) is 9.47 Å². The van der Waals surface area contributed by atoms with Gasteiger partial charge in [0.25, 0.3) is 0 Å². The molecule has 2 heterocycles. The summed E-state index contributed by atoms with van der Waals surface area (Å²) in [7, 11) is 0. The minimum absolute atomic E-state index is 0.169. The lowest BCUT2D eigenvalue weighted by Crippen LogP contribution is -2.06. The molecule has 1 N–H and O–H groups in total. The summed E-state index contributed by atoms with van der Waals surface area (Å²) >= 11 is 0. The van der Waals surface area contributed by atoms with E-state index in [0.29, 0.717) is 18.6 Å². The van der Waals surface area contributed by atoms with Gasteiger partial charge in [-0.05, 0) is 32.6 Å². The summed E-state index contributed by atoms with van der Waals surface area (Å²) in [5, 5.41) is 8.18. The molecule has 2 aliphatic heterocycles. The molecule has 0 aliphatic carbocycles. The van der Waals surface area contributed by atoms with E-state index in [9.17, 15) is 28.8 Å². The number of hydrogen-bond acceptors (Lipinski definition) is 8. The largest absolute Gasteiger partial charge is 0.481 e. The molecule has 0 aromatic heterocycles. The number of esters is 4. The highest BCUT2D eigenvalue weighted by Gasteiger charge is 2.32. The fourth-order valence-electron chi connectivity index (χ4n) is 2.13. The van der Waals surface area contributed by atoms with Crippen molar-refractivity contribution in [1.29, 1.82) is 0 Å². The van der Waals surface area contributed by atoms with Crippen LogP contribution in [-0.2, 0) is 38.2 Å². The molecule has 0 aromatic rings. The summed E-state index contributed by atoms with van der Waals surface area (Å²) < 4.78 is 8.57. The van der Waals surface area contributed by atoms with Gasteiger partial charge in [-0.25, -0.2) is 0 Å². The maximum absolute atomic E-state index is 10.6. The van der Waals surface area contributed by atoms with Gasteiger partial charge in [-0.2, -0.15) is 0 Å². The molecule has 9 nitrogen and oxygen atoms in total. The predicted octanol–water partition coefficient (Wildman–Crippen LogP) is 4.74. The number of carboxylic acids is 1. The highest BCUT2D eigenvalue weighted by molar-refractivity contribution is 5.95. The third-order valence-corrected chi connectivity index (χ3v) is 5.25. The van der Waals surface area contributed by atoms with Gasteiger partial charge in [0.1, 0.15) is 5.78 Å². The Hall–Kier alpha value is -2.58. The zero-order valence-electron chi connectivity index (χ0n) is 22.3. The first-order valence-corrected chi connectivity index (χ1v) is 12.1. The lowest BCUT2D eigenvalue weighted by atomic mass is 10.1. The van der Waals surface area contributed by atoms with Crippen molar-refractivity contribution in [2.45, 2.75) is 101 Å². The second kappa shape index (κ2) is 21.0. The van der Waals surface area contributed by atoms with Crippen molar-refractivity contribution in [3.05, 3.63) is 0 Å². The molecule has 0 saturated carbocycles. The molecule has 0 radical (unpaired) electrons. The number of carbonyl (C=O) groups is 6. The molecule has 0 aromatic carbocycles. The summed E-state index contributed by atoms with van der Waals surface area (Å²) in [6.45, 7) is 16.9. The summed E-state index contributed by atoms with van der Waals surface area (Å²) in [6, 6.07) is 0. The van der Waals surface area contributed by atoms with E-state index in [0.717, 1.165) is 12.8 Å². The molecular formula is C25H44O9. The van der Waals surface area contributed by atoms with Crippen molar-refractivity contribution in [3.8, 4) is 0 Å². The molecule has 2 rings (SSSR count). The van der Waals surface area contributed by atoms with Crippen molar-refractivity contribution in [3.63, 3.8) is 0 Å². The number of ketones is 1. The molecule has 34 heavy (non-hydrogen) atoms. The van der Waals surface area contributed by atoms with Crippen molar-refractivity contribution < 1.29 is 43.3 Å². The van der Waals surface area contributed by atoms with Crippen LogP contribution in [-0.4, -0.2) is 40.7 Å². The van der Waals surface area contributed by atoms with Gasteiger partial charge in [0.05, 0.1) is 30.6 Å². The number of rotatable bonds is 6. The van der Waals surface area contributed by atoms with Crippen molar-refractivity contribution in [2.75, 3.05) is 0 Å². The van der Waals surface area contributed by atoms with Gasteiger partial charge in [-0.15, -0.1) is 0 Å². The standard InChI is InChI=1S/2C6H8O3.C6H12O.C5H10O2.C2H6/c2*1-2-4-3-5(7)9-6(4)8;1-4-5(2)6(3)7;1-3-4(2)5(6)7;1-2/h2*4H,2-3H2,1H3;5H,4H2,1-3H3;4H,3H2,1-2H3,(H,6,7);1-2H3/t4-;;5-;4-;/m1.10./s1. The average Bonchev–Trinajstić information content (AvgIpc) is 3.32. The normalized spacial score (nSPS) is 19.8. The fraction of sp³-hybridized carbons (Fsp3) is 0.760. The van der Waals surface area contributed by atoms with E-state index in [1.165, 1.54) is 0 Å². The number of carbonyl (C=O) groups excluding carboxylic acids is 5. The molecule has 0 spiro atoms. The third kappa shape index (κ3) is 17.0. The van der Waals surface area contributed by atoms with Crippen LogP contribution in [0.1, 0.15) is 101 Å². The first kappa shape index (κ1) is 36.0. The van der Waals surface area contributed by atoms with Crippen LogP contribution >= 0.6 is 0 Å². The number of hydrogen-bond donors (Lipinski definition) is 1. The third-order valence-electron chi connectivity index (χ3n) is 5.25. The van der Waals surface area contributed by atoms with Crippen LogP contribution in [0.2, 0.25) is 0 Å². The van der Waals surface area contributed by atoms with Crippen LogP contribution < -0.4 is 0 Å². The van der Waals surface area contributed by atoms with Gasteiger partial charge in [-0.1, -0.05) is 55.4 Å². The fourth-order valence-corrected chi connectivity index (χ4v) is 2.13. The average molecular weight is 489 g/mol. The summed E-state index contributed by atoms with van der Waals surface area (Å²) in [5.74, 6) is -2.15. The monoisotopic (exact) mass is 488 g/mol. The maximum atomic E-state index is 10.6. The summed E-state index contributed by atoms with van der Waals surface area (Å²) in [6.07, 6.45) is 3.63. The number of aliphatic carboxylic acids is 1. The van der Waals surface area contributed by atoms with Crippen LogP contribution in [0.25, 0.3) is 0 Å². The van der Waals surface area contributed by atoms with Gasteiger partial charge in [0.2, 0.25) is 0 Å². The Labute approximate surface area is 203 Å². The van der Waals surface area contributed by atoms with Crippen LogP contribution in [0.5, 0.6) is 0 Å². The van der Waals surface area contributed by atoms with E-state index >= 15 is 0 Å². The summed E-state index contributed by atoms with van der Waals surface area (Å²) in [5.41, 5.74) is 0. The lowest BCUT2D eigenvalue weighted by Gasteiger charge is -1.98. The molecule has 0 bridgehead atoms. The Kier molecular flexibility index (Phi) is 22.2. The molecule has 0 amide bonds. The Morgan fingerprint density at radius 1 is 0.794 bits per heavy atom. The van der Waals surface area contributed by atoms with Gasteiger partial charge in [-0.3, -0.25) is 28.8 Å². The molecular weight excluding hydrogens is 444 g/mol. The molecule has 2 fully saturated rings. The van der Waals surface area contributed by atoms with E-state index in [-0.39, 0.29) is 60.4 Å². The highest BCUT2D eigenvalue weighted by atomic mass is 16.6. The Morgan fingerprint density at radius 2 is 1.12 bits per heavy atom. The second-order valence-corrected chi connectivity index (χ2v) is 7.77. The molecule has 9 heteroatoms. The molecule has 198 valence electrons. The molecule has 2 saturated heterocycles. The van der Waals surface area contributed by atoms with Crippen molar-refractivity contribution >= 4 is 35.6 Å². The molecule has 2 aliphatic rings. The van der Waals surface area contributed by atoms with Crippen LogP contribution in [0, 0.1) is 23.7 Å². The second-order valence-electron chi connectivity index (χ2n) is 7.77. The zero-order valence-corrected chi connectivity index (χ0v) is 22.3.